The normalized spacial score (nSPS) is 12.9. The molecule has 28 heavy (non-hydrogen) atoms. The molecule has 2 aromatic rings. The summed E-state index contributed by atoms with van der Waals surface area (Å²) in [6.07, 6.45) is 3.97. The lowest BCUT2D eigenvalue weighted by molar-refractivity contribution is -0.120. The molecule has 0 bridgehead atoms. The molecule has 0 saturated carbocycles. The van der Waals surface area contributed by atoms with E-state index in [-0.39, 0.29) is 30.7 Å². The first-order valence-corrected chi connectivity index (χ1v) is 10.3. The second-order valence-corrected chi connectivity index (χ2v) is 8.04. The van der Waals surface area contributed by atoms with Crippen LogP contribution in [0.5, 0.6) is 0 Å². The van der Waals surface area contributed by atoms with E-state index in [0.29, 0.717) is 16.1 Å². The monoisotopic (exact) mass is 399 g/mol. The summed E-state index contributed by atoms with van der Waals surface area (Å²) in [5.41, 5.74) is 3.43. The van der Waals surface area contributed by atoms with Crippen molar-refractivity contribution in [3.05, 3.63) is 51.4 Å². The Morgan fingerprint density at radius 3 is 2.39 bits per heavy atom. The summed E-state index contributed by atoms with van der Waals surface area (Å²) in [5, 5.41) is 8.79. The van der Waals surface area contributed by atoms with E-state index in [0.717, 1.165) is 36.8 Å². The van der Waals surface area contributed by atoms with Crippen LogP contribution in [-0.2, 0) is 22.4 Å². The zero-order valence-electron chi connectivity index (χ0n) is 16.2. The highest BCUT2D eigenvalue weighted by molar-refractivity contribution is 7.17. The first-order chi connectivity index (χ1) is 13.5. The number of ketones is 1. The number of carbonyl (C=O) groups excluding carboxylic acids is 3. The van der Waals surface area contributed by atoms with Crippen molar-refractivity contribution in [3.8, 4) is 0 Å². The number of likely N-dealkylation sites (N-methyl/N-ethyl adjacent to an activating group) is 1. The molecule has 7 heteroatoms. The van der Waals surface area contributed by atoms with Crippen molar-refractivity contribution < 1.29 is 14.4 Å². The Labute approximate surface area is 168 Å². The van der Waals surface area contributed by atoms with Gasteiger partial charge >= 0.3 is 0 Å². The van der Waals surface area contributed by atoms with Gasteiger partial charge in [0.05, 0.1) is 18.7 Å². The minimum atomic E-state index is -0.263. The van der Waals surface area contributed by atoms with Gasteiger partial charge in [-0.25, -0.2) is 0 Å². The highest BCUT2D eigenvalue weighted by Crippen LogP contribution is 2.39. The summed E-state index contributed by atoms with van der Waals surface area (Å²) >= 11 is 1.50. The number of rotatable bonds is 7. The van der Waals surface area contributed by atoms with Crippen LogP contribution in [0.1, 0.15) is 44.8 Å². The lowest BCUT2D eigenvalue weighted by Gasteiger charge is -2.13. The quantitative estimate of drug-likeness (QED) is 0.624. The van der Waals surface area contributed by atoms with Gasteiger partial charge in [-0.15, -0.1) is 11.3 Å². The van der Waals surface area contributed by atoms with Crippen molar-refractivity contribution in [1.29, 1.82) is 0 Å². The lowest BCUT2D eigenvalue weighted by atomic mass is 9.91. The van der Waals surface area contributed by atoms with Crippen molar-refractivity contribution in [1.82, 2.24) is 10.6 Å². The zero-order valence-corrected chi connectivity index (χ0v) is 17.0. The third kappa shape index (κ3) is 4.66. The van der Waals surface area contributed by atoms with Gasteiger partial charge in [0, 0.05) is 17.5 Å². The summed E-state index contributed by atoms with van der Waals surface area (Å²) < 4.78 is 0. The Bertz CT molecular complexity index is 887. The maximum Gasteiger partial charge on any atom is 0.238 e. The number of hydrogen-bond acceptors (Lipinski definition) is 5. The summed E-state index contributed by atoms with van der Waals surface area (Å²) in [4.78, 5) is 38.0. The lowest BCUT2D eigenvalue weighted by Crippen LogP contribution is -2.36. The van der Waals surface area contributed by atoms with Crippen molar-refractivity contribution in [2.24, 2.45) is 0 Å². The number of aryl methyl sites for hydroxylation is 2. The maximum absolute atomic E-state index is 13.2. The van der Waals surface area contributed by atoms with E-state index >= 15 is 0 Å². The molecule has 0 atom stereocenters. The molecule has 2 amide bonds. The van der Waals surface area contributed by atoms with Crippen molar-refractivity contribution in [2.45, 2.75) is 32.6 Å². The second kappa shape index (κ2) is 9.12. The van der Waals surface area contributed by atoms with Crippen LogP contribution in [0, 0.1) is 6.92 Å². The first kappa shape index (κ1) is 20.2. The van der Waals surface area contributed by atoms with Crippen LogP contribution < -0.4 is 16.0 Å². The molecule has 0 aliphatic heterocycles. The van der Waals surface area contributed by atoms with Gasteiger partial charge < -0.3 is 10.6 Å². The summed E-state index contributed by atoms with van der Waals surface area (Å²) in [7, 11) is 1.54. The van der Waals surface area contributed by atoms with Crippen molar-refractivity contribution >= 4 is 33.9 Å². The highest BCUT2D eigenvalue weighted by atomic mass is 32.1. The van der Waals surface area contributed by atoms with Crippen LogP contribution in [0.15, 0.2) is 24.3 Å². The van der Waals surface area contributed by atoms with Crippen LogP contribution in [0.4, 0.5) is 5.00 Å². The first-order valence-electron chi connectivity index (χ1n) is 9.46. The van der Waals surface area contributed by atoms with E-state index in [4.69, 9.17) is 0 Å². The number of thiophene rings is 1. The molecule has 0 radical (unpaired) electrons. The van der Waals surface area contributed by atoms with Crippen LogP contribution >= 0.6 is 11.3 Å². The standard InChI is InChI=1S/C21H25N3O3S/c1-13-7-9-14(10-8-13)20(27)19-15-5-3-4-6-16(15)28-21(19)24-18(26)12-23-11-17(25)22-2/h7-10,23H,3-6,11-12H2,1-2H3,(H,22,25)(H,24,26). The maximum atomic E-state index is 13.2. The van der Waals surface area contributed by atoms with E-state index in [2.05, 4.69) is 16.0 Å². The molecular weight excluding hydrogens is 374 g/mol. The SMILES string of the molecule is CNC(=O)CNCC(=O)Nc1sc2c(c1C(=O)c1ccc(C)cc1)CCCC2. The molecule has 1 aromatic carbocycles. The smallest absolute Gasteiger partial charge is 0.238 e. The van der Waals surface area contributed by atoms with Gasteiger partial charge in [0.1, 0.15) is 5.00 Å². The predicted octanol–water partition coefficient (Wildman–Crippen LogP) is 2.44. The third-order valence-electron chi connectivity index (χ3n) is 4.82. The summed E-state index contributed by atoms with van der Waals surface area (Å²) in [6, 6.07) is 7.52. The molecule has 1 aliphatic rings. The molecule has 148 valence electrons. The predicted molar refractivity (Wildman–Crippen MR) is 111 cm³/mol. The van der Waals surface area contributed by atoms with Gasteiger partial charge in [-0.05, 0) is 38.2 Å². The zero-order chi connectivity index (χ0) is 20.1. The van der Waals surface area contributed by atoms with Gasteiger partial charge in [-0.2, -0.15) is 0 Å². The van der Waals surface area contributed by atoms with Crippen LogP contribution in [0.2, 0.25) is 0 Å². The van der Waals surface area contributed by atoms with E-state index < -0.39 is 0 Å². The molecular formula is C21H25N3O3S. The molecule has 1 heterocycles. The Kier molecular flexibility index (Phi) is 6.59. The number of hydrogen-bond donors (Lipinski definition) is 3. The van der Waals surface area contributed by atoms with Crippen LogP contribution in [-0.4, -0.2) is 37.7 Å². The second-order valence-electron chi connectivity index (χ2n) is 6.94. The van der Waals surface area contributed by atoms with E-state index in [9.17, 15) is 14.4 Å². The minimum Gasteiger partial charge on any atom is -0.358 e. The third-order valence-corrected chi connectivity index (χ3v) is 6.02. The largest absolute Gasteiger partial charge is 0.358 e. The van der Waals surface area contributed by atoms with E-state index in [1.165, 1.54) is 16.2 Å². The van der Waals surface area contributed by atoms with Crippen LogP contribution in [0.3, 0.4) is 0 Å². The average Bonchev–Trinajstić information content (AvgIpc) is 3.05. The average molecular weight is 400 g/mol. The fraction of sp³-hybridized carbons (Fsp3) is 0.381. The summed E-state index contributed by atoms with van der Waals surface area (Å²) in [6.45, 7) is 2.06. The number of benzene rings is 1. The number of nitrogens with one attached hydrogen (secondary N) is 3. The van der Waals surface area contributed by atoms with Gasteiger partial charge in [0.2, 0.25) is 11.8 Å². The molecule has 0 unspecified atom stereocenters. The highest BCUT2D eigenvalue weighted by Gasteiger charge is 2.27. The van der Waals surface area contributed by atoms with Crippen molar-refractivity contribution in [3.63, 3.8) is 0 Å². The topological polar surface area (TPSA) is 87.3 Å². The number of fused-ring (bicyclic) bond motifs is 1. The van der Waals surface area contributed by atoms with E-state index in [1.807, 2.05) is 31.2 Å². The summed E-state index contributed by atoms with van der Waals surface area (Å²) in [5.74, 6) is -0.497. The number of amides is 2. The van der Waals surface area contributed by atoms with Crippen molar-refractivity contribution in [2.75, 3.05) is 25.5 Å². The molecule has 3 rings (SSSR count). The van der Waals surface area contributed by atoms with Gasteiger partial charge in [0.25, 0.3) is 0 Å². The Morgan fingerprint density at radius 1 is 1.00 bits per heavy atom. The van der Waals surface area contributed by atoms with Crippen LogP contribution in [0.25, 0.3) is 0 Å². The van der Waals surface area contributed by atoms with Gasteiger partial charge in [-0.1, -0.05) is 29.8 Å². The minimum absolute atomic E-state index is 0.00808. The molecule has 1 aromatic heterocycles. The Balaban J connectivity index is 1.81. The Hall–Kier alpha value is -2.51. The fourth-order valence-electron chi connectivity index (χ4n) is 3.29. The molecule has 3 N–H and O–H groups in total. The molecule has 0 spiro atoms. The fourth-order valence-corrected chi connectivity index (χ4v) is 4.60. The molecule has 0 fully saturated rings. The van der Waals surface area contributed by atoms with Gasteiger partial charge in [-0.3, -0.25) is 19.7 Å². The van der Waals surface area contributed by atoms with Gasteiger partial charge in [0.15, 0.2) is 5.78 Å². The molecule has 6 nitrogen and oxygen atoms in total. The van der Waals surface area contributed by atoms with E-state index in [1.54, 1.807) is 7.05 Å². The number of anilines is 1. The number of carbonyl (C=O) groups is 3. The molecule has 0 saturated heterocycles. The molecule has 1 aliphatic carbocycles. The Morgan fingerprint density at radius 2 is 1.68 bits per heavy atom.